The number of rotatable bonds is 3. The summed E-state index contributed by atoms with van der Waals surface area (Å²) in [7, 11) is 0. The molecule has 0 aliphatic rings. The van der Waals surface area contributed by atoms with E-state index < -0.39 is 5.82 Å². The first-order valence-corrected chi connectivity index (χ1v) is 6.34. The number of benzene rings is 2. The molecule has 0 saturated carbocycles. The number of para-hydroxylation sites is 1. The molecule has 0 atom stereocenters. The van der Waals surface area contributed by atoms with E-state index in [1.54, 1.807) is 6.07 Å². The summed E-state index contributed by atoms with van der Waals surface area (Å²) in [6, 6.07) is 11.7. The second-order valence-corrected chi connectivity index (χ2v) is 4.36. The molecule has 2 aromatic rings. The predicted octanol–water partition coefficient (Wildman–Crippen LogP) is 3.40. The van der Waals surface area contributed by atoms with Crippen LogP contribution in [0, 0.1) is 17.7 Å². The van der Waals surface area contributed by atoms with E-state index in [9.17, 15) is 4.39 Å². The Morgan fingerprint density at radius 3 is 2.70 bits per heavy atom. The maximum absolute atomic E-state index is 13.6. The number of hydrogen-bond acceptors (Lipinski definition) is 2. The van der Waals surface area contributed by atoms with Crippen LogP contribution in [0.2, 0.25) is 5.02 Å². The zero-order valence-corrected chi connectivity index (χ0v) is 11.3. The van der Waals surface area contributed by atoms with Crippen molar-refractivity contribution in [2.24, 2.45) is 0 Å². The highest BCUT2D eigenvalue weighted by Crippen LogP contribution is 2.28. The van der Waals surface area contributed by atoms with Gasteiger partial charge < -0.3 is 9.84 Å². The Bertz CT molecular complexity index is 639. The first-order valence-electron chi connectivity index (χ1n) is 5.97. The Hall–Kier alpha value is -2.02. The maximum atomic E-state index is 13.6. The van der Waals surface area contributed by atoms with Gasteiger partial charge in [-0.1, -0.05) is 47.7 Å². The zero-order chi connectivity index (χ0) is 14.4. The maximum Gasteiger partial charge on any atom is 0.174 e. The highest BCUT2D eigenvalue weighted by atomic mass is 35.5. The van der Waals surface area contributed by atoms with Gasteiger partial charge in [-0.2, -0.15) is 0 Å². The summed E-state index contributed by atoms with van der Waals surface area (Å²) in [5.41, 5.74) is 1.53. The molecule has 0 unspecified atom stereocenters. The number of hydrogen-bond donors (Lipinski definition) is 1. The molecule has 20 heavy (non-hydrogen) atoms. The molecule has 0 radical (unpaired) electrons. The summed E-state index contributed by atoms with van der Waals surface area (Å²) in [4.78, 5) is 0. The van der Waals surface area contributed by atoms with Gasteiger partial charge in [0.05, 0.1) is 5.02 Å². The Kier molecular flexibility index (Phi) is 5.00. The van der Waals surface area contributed by atoms with Crippen LogP contribution in [0.3, 0.4) is 0 Å². The van der Waals surface area contributed by atoms with Gasteiger partial charge in [0.15, 0.2) is 11.6 Å². The van der Waals surface area contributed by atoms with Gasteiger partial charge in [-0.25, -0.2) is 4.39 Å². The molecular weight excluding hydrogens is 279 g/mol. The fourth-order valence-electron chi connectivity index (χ4n) is 1.67. The fraction of sp³-hybridized carbons (Fsp3) is 0.125. The lowest BCUT2D eigenvalue weighted by molar-refractivity contribution is 0.290. The Morgan fingerprint density at radius 2 is 1.95 bits per heavy atom. The third kappa shape index (κ3) is 3.51. The van der Waals surface area contributed by atoms with Gasteiger partial charge in [0.1, 0.15) is 13.2 Å². The molecule has 1 N–H and O–H groups in total. The smallest absolute Gasteiger partial charge is 0.174 e. The highest BCUT2D eigenvalue weighted by molar-refractivity contribution is 6.32. The van der Waals surface area contributed by atoms with Crippen LogP contribution >= 0.6 is 11.6 Å². The molecule has 0 fully saturated rings. The molecule has 4 heteroatoms. The van der Waals surface area contributed by atoms with Crippen molar-refractivity contribution in [2.45, 2.75) is 6.61 Å². The molecule has 102 valence electrons. The molecule has 0 saturated heterocycles. The molecule has 0 aromatic heterocycles. The van der Waals surface area contributed by atoms with E-state index >= 15 is 0 Å². The summed E-state index contributed by atoms with van der Waals surface area (Å²) >= 11 is 5.89. The minimum absolute atomic E-state index is 0.0269. The average molecular weight is 291 g/mol. The Morgan fingerprint density at radius 1 is 1.15 bits per heavy atom. The molecule has 0 bridgehead atoms. The second kappa shape index (κ2) is 6.95. The van der Waals surface area contributed by atoms with Crippen LogP contribution in [0.5, 0.6) is 5.75 Å². The van der Waals surface area contributed by atoms with Crippen molar-refractivity contribution < 1.29 is 14.2 Å². The van der Waals surface area contributed by atoms with Crippen molar-refractivity contribution in [3.63, 3.8) is 0 Å². The number of aliphatic hydroxyl groups excluding tert-OH is 1. The third-order valence-electron chi connectivity index (χ3n) is 2.61. The molecule has 0 amide bonds. The fourth-order valence-corrected chi connectivity index (χ4v) is 1.89. The largest absolute Gasteiger partial charge is 0.484 e. The summed E-state index contributed by atoms with van der Waals surface area (Å²) in [5.74, 6) is 4.92. The normalized spacial score (nSPS) is 9.75. The summed E-state index contributed by atoms with van der Waals surface area (Å²) in [5, 5.41) is 8.95. The third-order valence-corrected chi connectivity index (χ3v) is 2.91. The van der Waals surface area contributed by atoms with Gasteiger partial charge in [0.2, 0.25) is 0 Å². The van der Waals surface area contributed by atoms with E-state index in [1.807, 2.05) is 24.3 Å². The van der Waals surface area contributed by atoms with E-state index in [0.717, 1.165) is 11.1 Å². The number of halogens is 2. The monoisotopic (exact) mass is 290 g/mol. The lowest BCUT2D eigenvalue weighted by Crippen LogP contribution is -2.00. The van der Waals surface area contributed by atoms with E-state index in [2.05, 4.69) is 11.8 Å². The Labute approximate surface area is 121 Å². The zero-order valence-electron chi connectivity index (χ0n) is 10.6. The Balaban J connectivity index is 2.19. The standard InChI is InChI=1S/C16H12ClFO2/c17-14-8-3-9-15(18)16(14)20-11-13-6-2-1-5-12(13)7-4-10-19/h1-3,5-6,8-9,19H,10-11H2. The molecule has 2 nitrogen and oxygen atoms in total. The van der Waals surface area contributed by atoms with Crippen LogP contribution < -0.4 is 4.74 Å². The second-order valence-electron chi connectivity index (χ2n) is 3.96. The van der Waals surface area contributed by atoms with E-state index in [-0.39, 0.29) is 24.0 Å². The lowest BCUT2D eigenvalue weighted by atomic mass is 10.1. The molecular formula is C16H12ClFO2. The minimum atomic E-state index is -0.503. The topological polar surface area (TPSA) is 29.5 Å². The quantitative estimate of drug-likeness (QED) is 0.878. The van der Waals surface area contributed by atoms with E-state index in [4.69, 9.17) is 21.4 Å². The van der Waals surface area contributed by atoms with Gasteiger partial charge >= 0.3 is 0 Å². The van der Waals surface area contributed by atoms with Crippen molar-refractivity contribution in [1.29, 1.82) is 0 Å². The molecule has 0 heterocycles. The minimum Gasteiger partial charge on any atom is -0.484 e. The summed E-state index contributed by atoms with van der Waals surface area (Å²) < 4.78 is 19.0. The van der Waals surface area contributed by atoms with Crippen molar-refractivity contribution in [2.75, 3.05) is 6.61 Å². The van der Waals surface area contributed by atoms with E-state index in [0.29, 0.717) is 0 Å². The van der Waals surface area contributed by atoms with Crippen LogP contribution in [0.1, 0.15) is 11.1 Å². The van der Waals surface area contributed by atoms with Crippen LogP contribution in [0.25, 0.3) is 0 Å². The van der Waals surface area contributed by atoms with Crippen molar-refractivity contribution in [1.82, 2.24) is 0 Å². The molecule has 0 aliphatic heterocycles. The summed E-state index contributed by atoms with van der Waals surface area (Å²) in [6.45, 7) is -0.0642. The average Bonchev–Trinajstić information content (AvgIpc) is 2.45. The number of aliphatic hydroxyl groups is 1. The predicted molar refractivity (Wildman–Crippen MR) is 76.1 cm³/mol. The summed E-state index contributed by atoms with van der Waals surface area (Å²) in [6.07, 6.45) is 0. The lowest BCUT2D eigenvalue weighted by Gasteiger charge is -2.10. The molecule has 2 aromatic carbocycles. The first kappa shape index (κ1) is 14.4. The number of ether oxygens (including phenoxy) is 1. The van der Waals surface area contributed by atoms with Gasteiger partial charge in [0.25, 0.3) is 0 Å². The van der Waals surface area contributed by atoms with Gasteiger partial charge in [-0.05, 0) is 18.2 Å². The first-order chi connectivity index (χ1) is 9.72. The van der Waals surface area contributed by atoms with Crippen LogP contribution in [0.4, 0.5) is 4.39 Å². The van der Waals surface area contributed by atoms with Gasteiger partial charge in [-0.15, -0.1) is 0 Å². The SMILES string of the molecule is OCC#Cc1ccccc1COc1c(F)cccc1Cl. The molecule has 2 rings (SSSR count). The van der Waals surface area contributed by atoms with Crippen LogP contribution in [-0.4, -0.2) is 11.7 Å². The van der Waals surface area contributed by atoms with Crippen molar-refractivity contribution >= 4 is 11.6 Å². The van der Waals surface area contributed by atoms with E-state index in [1.165, 1.54) is 12.1 Å². The molecule has 0 spiro atoms. The highest BCUT2D eigenvalue weighted by Gasteiger charge is 2.09. The van der Waals surface area contributed by atoms with Crippen molar-refractivity contribution in [3.8, 4) is 17.6 Å². The van der Waals surface area contributed by atoms with Gasteiger partial charge in [-0.3, -0.25) is 0 Å². The molecule has 0 aliphatic carbocycles. The van der Waals surface area contributed by atoms with Gasteiger partial charge in [0, 0.05) is 11.1 Å². The van der Waals surface area contributed by atoms with Crippen LogP contribution in [-0.2, 0) is 6.61 Å². The van der Waals surface area contributed by atoms with Crippen LogP contribution in [0.15, 0.2) is 42.5 Å². The van der Waals surface area contributed by atoms with Crippen molar-refractivity contribution in [3.05, 3.63) is 64.4 Å².